The van der Waals surface area contributed by atoms with Crippen LogP contribution in [0.1, 0.15) is 0 Å². The van der Waals surface area contributed by atoms with Crippen LogP contribution in [-0.2, 0) is 168 Å². The van der Waals surface area contributed by atoms with Crippen LogP contribution in [0.2, 0.25) is 0 Å². The zero-order chi connectivity index (χ0) is 0. The summed E-state index contributed by atoms with van der Waals surface area (Å²) in [5.74, 6) is 0. The summed E-state index contributed by atoms with van der Waals surface area (Å²) in [7, 11) is 0. The molecule has 0 aromatic heterocycles. The Hall–Kier alpha value is 5.06. The van der Waals surface area contributed by atoms with Crippen LogP contribution in [0, 0.1) is 0 Å². The molecule has 0 aromatic rings. The minimum absolute atomic E-state index is 0. The molecule has 10 heavy (non-hydrogen) atoms. The van der Waals surface area contributed by atoms with E-state index in [4.69, 9.17) is 0 Å². The van der Waals surface area contributed by atoms with Crippen molar-refractivity contribution in [2.24, 2.45) is 0 Å². The van der Waals surface area contributed by atoms with E-state index in [0.29, 0.717) is 0 Å². The molecular weight excluding hydrogens is 589 g/mol. The van der Waals surface area contributed by atoms with Crippen molar-refractivity contribution >= 4 is 0 Å². The molecule has 0 aliphatic rings. The van der Waals surface area contributed by atoms with Crippen molar-refractivity contribution in [3.8, 4) is 0 Å². The van der Waals surface area contributed by atoms with E-state index in [0.717, 1.165) is 0 Å². The van der Waals surface area contributed by atoms with Gasteiger partial charge in [0.05, 0.1) is 0 Å². The van der Waals surface area contributed by atoms with Crippen molar-refractivity contribution in [1.29, 1.82) is 0 Å². The molecule has 0 spiro atoms. The van der Waals surface area contributed by atoms with Gasteiger partial charge < -0.3 is 0 Å². The average molecular weight is 589 g/mol. The van der Waals surface area contributed by atoms with E-state index in [9.17, 15) is 0 Å². The standard InChI is InChI=1S/10Co. The molecule has 0 saturated heterocycles. The predicted molar refractivity (Wildman–Crippen MR) is 0 cm³/mol. The molecule has 0 amide bonds. The Kier molecular flexibility index (Phi) is 1090. The Bertz CT molecular complexity index is 0. The summed E-state index contributed by atoms with van der Waals surface area (Å²) < 4.78 is 0. The fourth-order valence-corrected chi connectivity index (χ4v) is 0. The third kappa shape index (κ3) is 74.1. The molecule has 0 aliphatic heterocycles. The van der Waals surface area contributed by atoms with Gasteiger partial charge in [0.15, 0.2) is 0 Å². The topological polar surface area (TPSA) is 0 Å². The Balaban J connectivity index is 0. The molecule has 0 heterocycles. The van der Waals surface area contributed by atoms with Crippen molar-refractivity contribution in [3.05, 3.63) is 0 Å². The maximum atomic E-state index is 0. The first kappa shape index (κ1) is 116. The summed E-state index contributed by atoms with van der Waals surface area (Å²) in [6.45, 7) is 0. The molecular formula is Co10. The second kappa shape index (κ2) is 93.6. The minimum atomic E-state index is 0. The molecule has 10 heteroatoms. The zero-order valence-corrected chi connectivity index (χ0v) is 13.7. The first-order chi connectivity index (χ1) is 0. The van der Waals surface area contributed by atoms with Crippen molar-refractivity contribution in [2.75, 3.05) is 0 Å². The molecule has 0 unspecified atom stereocenters. The number of hydrogen-bond acceptors (Lipinski definition) is 0. The van der Waals surface area contributed by atoms with E-state index < -0.39 is 0 Å². The van der Waals surface area contributed by atoms with Gasteiger partial charge in [0.25, 0.3) is 0 Å². The van der Waals surface area contributed by atoms with Crippen LogP contribution in [-0.4, -0.2) is 0 Å². The Morgan fingerprint density at radius 3 is 0.100 bits per heavy atom. The van der Waals surface area contributed by atoms with Crippen LogP contribution in [0.3, 0.4) is 0 Å². The largest absolute Gasteiger partial charge is 0 e. The molecule has 0 bridgehead atoms. The van der Waals surface area contributed by atoms with Crippen molar-refractivity contribution in [1.82, 2.24) is 0 Å². The number of rotatable bonds is 0. The van der Waals surface area contributed by atoms with Crippen LogP contribution >= 0.6 is 0 Å². The average Bonchev–Trinajstić information content (AvgIpc) is 0. The third-order valence-corrected chi connectivity index (χ3v) is 0. The van der Waals surface area contributed by atoms with Gasteiger partial charge in [-0.3, -0.25) is 0 Å². The SMILES string of the molecule is [Co].[Co].[Co].[Co].[Co].[Co].[Co].[Co].[Co].[Co]. The van der Waals surface area contributed by atoms with Crippen LogP contribution < -0.4 is 0 Å². The van der Waals surface area contributed by atoms with Crippen LogP contribution in [0.15, 0.2) is 0 Å². The van der Waals surface area contributed by atoms with E-state index in [1.54, 1.807) is 0 Å². The van der Waals surface area contributed by atoms with Gasteiger partial charge in [-0.1, -0.05) is 0 Å². The normalized spacial score (nSPS) is 0. The summed E-state index contributed by atoms with van der Waals surface area (Å²) in [5, 5.41) is 0. The molecule has 0 saturated carbocycles. The Labute approximate surface area is 165 Å². The van der Waals surface area contributed by atoms with Gasteiger partial charge in [0.2, 0.25) is 0 Å². The van der Waals surface area contributed by atoms with Crippen molar-refractivity contribution < 1.29 is 168 Å². The molecule has 0 aromatic carbocycles. The van der Waals surface area contributed by atoms with Crippen LogP contribution in [0.4, 0.5) is 0 Å². The summed E-state index contributed by atoms with van der Waals surface area (Å²) in [5.41, 5.74) is 0. The molecule has 0 fully saturated rings. The third-order valence-electron chi connectivity index (χ3n) is 0. The summed E-state index contributed by atoms with van der Waals surface area (Å²) in [6.07, 6.45) is 0. The summed E-state index contributed by atoms with van der Waals surface area (Å²) >= 11 is 0. The van der Waals surface area contributed by atoms with Gasteiger partial charge in [-0.2, -0.15) is 0 Å². The summed E-state index contributed by atoms with van der Waals surface area (Å²) in [6, 6.07) is 0. The van der Waals surface area contributed by atoms with E-state index in [2.05, 4.69) is 0 Å². The second-order valence-electron chi connectivity index (χ2n) is 0. The van der Waals surface area contributed by atoms with E-state index >= 15 is 0 Å². The zero-order valence-electron chi connectivity index (χ0n) is 3.33. The quantitative estimate of drug-likeness (QED) is 0.373. The first-order valence-corrected chi connectivity index (χ1v) is 0. The molecule has 0 aliphatic carbocycles. The monoisotopic (exact) mass is 589 g/mol. The Morgan fingerprint density at radius 1 is 0.100 bits per heavy atom. The smallest absolute Gasteiger partial charge is 0 e. The predicted octanol–water partition coefficient (Wildman–Crippen LogP) is -0.0250. The maximum absolute atomic E-state index is 0. The van der Waals surface area contributed by atoms with E-state index in [1.165, 1.54) is 0 Å². The van der Waals surface area contributed by atoms with Crippen molar-refractivity contribution in [3.63, 3.8) is 0 Å². The molecule has 0 N–H and O–H groups in total. The van der Waals surface area contributed by atoms with Gasteiger partial charge in [0.1, 0.15) is 0 Å². The first-order valence-electron chi connectivity index (χ1n) is 0. The number of hydrogen-bond donors (Lipinski definition) is 0. The van der Waals surface area contributed by atoms with Gasteiger partial charge in [-0.05, 0) is 0 Å². The molecule has 0 nitrogen and oxygen atoms in total. The molecule has 0 atom stereocenters. The fraction of sp³-hybridized carbons (Fsp3) is 0. The van der Waals surface area contributed by atoms with Gasteiger partial charge in [-0.15, -0.1) is 0 Å². The minimum Gasteiger partial charge on any atom is 0 e. The van der Waals surface area contributed by atoms with Crippen LogP contribution in [0.5, 0.6) is 0 Å². The van der Waals surface area contributed by atoms with E-state index in [1.807, 2.05) is 0 Å². The molecule has 90 valence electrons. The Morgan fingerprint density at radius 2 is 0.100 bits per heavy atom. The van der Waals surface area contributed by atoms with Crippen LogP contribution in [0.25, 0.3) is 0 Å². The molecule has 10 radical (unpaired) electrons. The molecule has 0 rings (SSSR count). The second-order valence-corrected chi connectivity index (χ2v) is 0. The maximum Gasteiger partial charge on any atom is 0 e. The summed E-state index contributed by atoms with van der Waals surface area (Å²) in [4.78, 5) is 0. The van der Waals surface area contributed by atoms with Gasteiger partial charge in [-0.25, -0.2) is 0 Å². The van der Waals surface area contributed by atoms with Gasteiger partial charge >= 0.3 is 0 Å². The van der Waals surface area contributed by atoms with E-state index in [-0.39, 0.29) is 168 Å². The van der Waals surface area contributed by atoms with Crippen molar-refractivity contribution in [2.45, 2.75) is 0 Å². The van der Waals surface area contributed by atoms with Gasteiger partial charge in [0, 0.05) is 168 Å². The fourth-order valence-electron chi connectivity index (χ4n) is 0.